The van der Waals surface area contributed by atoms with Crippen molar-refractivity contribution in [2.45, 2.75) is 26.3 Å². The second-order valence-electron chi connectivity index (χ2n) is 4.55. The summed E-state index contributed by atoms with van der Waals surface area (Å²) in [5.41, 5.74) is 2.36. The average Bonchev–Trinajstić information content (AvgIpc) is 2.46. The van der Waals surface area contributed by atoms with Crippen molar-refractivity contribution < 1.29 is 4.79 Å². The summed E-state index contributed by atoms with van der Waals surface area (Å²) in [7, 11) is 0. The predicted octanol–water partition coefficient (Wildman–Crippen LogP) is 3.32. The molecule has 0 saturated heterocycles. The molecule has 2 aromatic heterocycles. The number of carbonyl (C=O) groups is 1. The molecule has 104 valence electrons. The van der Waals surface area contributed by atoms with Crippen LogP contribution in [0, 0.1) is 6.92 Å². The van der Waals surface area contributed by atoms with E-state index in [-0.39, 0.29) is 11.9 Å². The Morgan fingerprint density at radius 1 is 1.35 bits per heavy atom. The van der Waals surface area contributed by atoms with Crippen LogP contribution in [0.25, 0.3) is 0 Å². The number of pyridine rings is 2. The van der Waals surface area contributed by atoms with Crippen LogP contribution in [-0.2, 0) is 0 Å². The van der Waals surface area contributed by atoms with Crippen LogP contribution >= 0.6 is 11.6 Å². The van der Waals surface area contributed by atoms with Gasteiger partial charge in [-0.25, -0.2) is 0 Å². The standard InChI is InChI=1S/C15H16ClN3O/c1-3-13(14-5-4-10(2)8-18-14)19-15(20)11-6-7-17-9-12(11)16/h4-9,13H,3H2,1-2H3,(H,19,20)/t13-/m0/s1. The molecule has 0 aromatic carbocycles. The first-order valence-corrected chi connectivity index (χ1v) is 6.82. The van der Waals surface area contributed by atoms with E-state index >= 15 is 0 Å². The summed E-state index contributed by atoms with van der Waals surface area (Å²) in [5, 5.41) is 3.29. The van der Waals surface area contributed by atoms with Gasteiger partial charge in [-0.05, 0) is 31.0 Å². The van der Waals surface area contributed by atoms with Crippen LogP contribution in [0.15, 0.2) is 36.8 Å². The Labute approximate surface area is 123 Å². The highest BCUT2D eigenvalue weighted by Gasteiger charge is 2.16. The Kier molecular flexibility index (Phi) is 4.69. The number of carbonyl (C=O) groups excluding carboxylic acids is 1. The van der Waals surface area contributed by atoms with E-state index < -0.39 is 0 Å². The Morgan fingerprint density at radius 2 is 2.15 bits per heavy atom. The van der Waals surface area contributed by atoms with E-state index in [1.807, 2.05) is 26.0 Å². The van der Waals surface area contributed by atoms with Gasteiger partial charge in [0.05, 0.1) is 22.3 Å². The van der Waals surface area contributed by atoms with Crippen molar-refractivity contribution in [3.05, 3.63) is 58.6 Å². The highest BCUT2D eigenvalue weighted by Crippen LogP contribution is 2.18. The lowest BCUT2D eigenvalue weighted by Crippen LogP contribution is -2.29. The van der Waals surface area contributed by atoms with E-state index in [1.54, 1.807) is 18.5 Å². The molecule has 0 bridgehead atoms. The molecule has 4 nitrogen and oxygen atoms in total. The maximum atomic E-state index is 12.2. The minimum absolute atomic E-state index is 0.132. The summed E-state index contributed by atoms with van der Waals surface area (Å²) in [4.78, 5) is 20.5. The van der Waals surface area contributed by atoms with Crippen molar-refractivity contribution in [1.82, 2.24) is 15.3 Å². The van der Waals surface area contributed by atoms with Crippen LogP contribution < -0.4 is 5.32 Å². The number of hydrogen-bond donors (Lipinski definition) is 1. The number of aryl methyl sites for hydroxylation is 1. The lowest BCUT2D eigenvalue weighted by Gasteiger charge is -2.17. The fourth-order valence-corrected chi connectivity index (χ4v) is 2.07. The number of halogens is 1. The van der Waals surface area contributed by atoms with Crippen molar-refractivity contribution in [2.24, 2.45) is 0 Å². The molecule has 0 aliphatic heterocycles. The summed E-state index contributed by atoms with van der Waals surface area (Å²) in [6, 6.07) is 5.38. The molecule has 20 heavy (non-hydrogen) atoms. The van der Waals surface area contributed by atoms with Crippen molar-refractivity contribution in [3.8, 4) is 0 Å². The third kappa shape index (κ3) is 3.33. The van der Waals surface area contributed by atoms with E-state index in [1.165, 1.54) is 6.20 Å². The molecule has 0 spiro atoms. The summed E-state index contributed by atoms with van der Waals surface area (Å²) >= 11 is 5.97. The molecule has 0 fully saturated rings. The second kappa shape index (κ2) is 6.48. The molecule has 5 heteroatoms. The van der Waals surface area contributed by atoms with Crippen molar-refractivity contribution in [2.75, 3.05) is 0 Å². The van der Waals surface area contributed by atoms with Gasteiger partial charge in [-0.2, -0.15) is 0 Å². The molecular weight excluding hydrogens is 274 g/mol. The van der Waals surface area contributed by atoms with E-state index in [0.717, 1.165) is 17.7 Å². The minimum atomic E-state index is -0.216. The lowest BCUT2D eigenvalue weighted by atomic mass is 10.1. The third-order valence-corrected chi connectivity index (χ3v) is 3.32. The van der Waals surface area contributed by atoms with Gasteiger partial charge in [-0.1, -0.05) is 24.6 Å². The number of amides is 1. The van der Waals surface area contributed by atoms with Crippen LogP contribution in [0.5, 0.6) is 0 Å². The fraction of sp³-hybridized carbons (Fsp3) is 0.267. The third-order valence-electron chi connectivity index (χ3n) is 3.02. The van der Waals surface area contributed by atoms with E-state index in [4.69, 9.17) is 11.6 Å². The highest BCUT2D eigenvalue weighted by molar-refractivity contribution is 6.33. The van der Waals surface area contributed by atoms with Crippen LogP contribution in [0.4, 0.5) is 0 Å². The largest absolute Gasteiger partial charge is 0.344 e. The van der Waals surface area contributed by atoms with Gasteiger partial charge >= 0.3 is 0 Å². The molecule has 0 radical (unpaired) electrons. The Hall–Kier alpha value is -1.94. The maximum Gasteiger partial charge on any atom is 0.253 e. The SMILES string of the molecule is CC[C@H](NC(=O)c1ccncc1Cl)c1ccc(C)cn1. The molecule has 2 rings (SSSR count). The lowest BCUT2D eigenvalue weighted by molar-refractivity contribution is 0.0934. The van der Waals surface area contributed by atoms with Gasteiger partial charge in [-0.15, -0.1) is 0 Å². The number of aromatic nitrogens is 2. The van der Waals surface area contributed by atoms with Gasteiger partial charge in [0.2, 0.25) is 0 Å². The first-order chi connectivity index (χ1) is 9.61. The summed E-state index contributed by atoms with van der Waals surface area (Å²) < 4.78 is 0. The molecule has 1 N–H and O–H groups in total. The maximum absolute atomic E-state index is 12.2. The minimum Gasteiger partial charge on any atom is -0.344 e. The molecule has 0 aliphatic carbocycles. The molecule has 0 aliphatic rings. The molecular formula is C15H16ClN3O. The quantitative estimate of drug-likeness (QED) is 0.939. The van der Waals surface area contributed by atoms with Gasteiger partial charge in [0, 0.05) is 18.6 Å². The normalized spacial score (nSPS) is 11.9. The van der Waals surface area contributed by atoms with Crippen LogP contribution in [0.2, 0.25) is 5.02 Å². The molecule has 2 aromatic rings. The number of hydrogen-bond acceptors (Lipinski definition) is 3. The van der Waals surface area contributed by atoms with Crippen LogP contribution in [-0.4, -0.2) is 15.9 Å². The Bertz CT molecular complexity index is 598. The van der Waals surface area contributed by atoms with Gasteiger partial charge in [-0.3, -0.25) is 14.8 Å². The van der Waals surface area contributed by atoms with Crippen molar-refractivity contribution in [3.63, 3.8) is 0 Å². The van der Waals surface area contributed by atoms with E-state index in [0.29, 0.717) is 10.6 Å². The van der Waals surface area contributed by atoms with Gasteiger partial charge in [0.15, 0.2) is 0 Å². The zero-order valence-corrected chi connectivity index (χ0v) is 12.2. The summed E-state index contributed by atoms with van der Waals surface area (Å²) in [6.45, 7) is 3.98. The van der Waals surface area contributed by atoms with Crippen LogP contribution in [0.1, 0.15) is 41.0 Å². The fourth-order valence-electron chi connectivity index (χ4n) is 1.87. The van der Waals surface area contributed by atoms with Gasteiger partial charge in [0.25, 0.3) is 5.91 Å². The first-order valence-electron chi connectivity index (χ1n) is 6.44. The number of nitrogens with one attached hydrogen (secondary N) is 1. The zero-order valence-electron chi connectivity index (χ0n) is 11.4. The molecule has 2 heterocycles. The zero-order chi connectivity index (χ0) is 14.5. The Balaban J connectivity index is 2.16. The molecule has 0 saturated carbocycles. The molecule has 1 amide bonds. The van der Waals surface area contributed by atoms with Gasteiger partial charge < -0.3 is 5.32 Å². The second-order valence-corrected chi connectivity index (χ2v) is 4.96. The number of nitrogens with zero attached hydrogens (tertiary/aromatic N) is 2. The number of rotatable bonds is 4. The summed E-state index contributed by atoms with van der Waals surface area (Å²) in [5.74, 6) is -0.216. The van der Waals surface area contributed by atoms with E-state index in [9.17, 15) is 4.79 Å². The molecule has 0 unspecified atom stereocenters. The van der Waals surface area contributed by atoms with Gasteiger partial charge in [0.1, 0.15) is 0 Å². The van der Waals surface area contributed by atoms with Crippen molar-refractivity contribution >= 4 is 17.5 Å². The Morgan fingerprint density at radius 3 is 2.75 bits per heavy atom. The predicted molar refractivity (Wildman–Crippen MR) is 78.7 cm³/mol. The van der Waals surface area contributed by atoms with Crippen LogP contribution in [0.3, 0.4) is 0 Å². The van der Waals surface area contributed by atoms with E-state index in [2.05, 4.69) is 15.3 Å². The van der Waals surface area contributed by atoms with Crippen molar-refractivity contribution in [1.29, 1.82) is 0 Å². The smallest absolute Gasteiger partial charge is 0.253 e. The molecule has 1 atom stereocenters. The monoisotopic (exact) mass is 289 g/mol. The topological polar surface area (TPSA) is 54.9 Å². The first kappa shape index (κ1) is 14.5. The summed E-state index contributed by atoms with van der Waals surface area (Å²) in [6.07, 6.45) is 5.56. The average molecular weight is 290 g/mol. The highest BCUT2D eigenvalue weighted by atomic mass is 35.5.